The monoisotopic (exact) mass is 319 g/mol. The Balaban J connectivity index is 2.06. The molecule has 0 amide bonds. The Kier molecular flexibility index (Phi) is 5.75. The predicted octanol–water partition coefficient (Wildman–Crippen LogP) is -1.39. The number of aryl methyl sites for hydroxylation is 1. The maximum absolute atomic E-state index is 6.25. The average molecular weight is 317 g/mol. The summed E-state index contributed by atoms with van der Waals surface area (Å²) in [5.41, 5.74) is 3.48. The van der Waals surface area contributed by atoms with Gasteiger partial charge in [-0.2, -0.15) is 0 Å². The van der Waals surface area contributed by atoms with E-state index in [1.165, 1.54) is 5.56 Å². The summed E-state index contributed by atoms with van der Waals surface area (Å²) < 4.78 is 2.12. The summed E-state index contributed by atoms with van der Waals surface area (Å²) in [5, 5.41) is -0.448. The van der Waals surface area contributed by atoms with E-state index in [4.69, 9.17) is 38.7 Å². The molecule has 1 nitrogen and oxygen atoms in total. The fourth-order valence-corrected chi connectivity index (χ4v) is 4.70. The zero-order valence-corrected chi connectivity index (χ0v) is 15.4. The lowest BCUT2D eigenvalue weighted by Crippen LogP contribution is -2.59. The molecule has 0 aliphatic carbocycles. The zero-order valence-electron chi connectivity index (χ0n) is 15.4. The Morgan fingerprint density at radius 1 is 1.08 bits per heavy atom. The number of pyridine rings is 1. The molecule has 11 heteroatoms. The van der Waals surface area contributed by atoms with Crippen LogP contribution >= 0.6 is 0 Å². The third-order valence-corrected chi connectivity index (χ3v) is 6.11. The van der Waals surface area contributed by atoms with Crippen LogP contribution in [-0.2, 0) is 7.05 Å². The third-order valence-electron chi connectivity index (χ3n) is 6.11. The third kappa shape index (κ3) is 3.10. The van der Waals surface area contributed by atoms with E-state index in [0.717, 1.165) is 11.2 Å². The van der Waals surface area contributed by atoms with Gasteiger partial charge in [0.2, 0.25) is 0 Å². The van der Waals surface area contributed by atoms with Crippen molar-refractivity contribution in [3.63, 3.8) is 0 Å². The molecule has 1 aliphatic rings. The summed E-state index contributed by atoms with van der Waals surface area (Å²) in [7, 11) is 34.0. The quantitative estimate of drug-likeness (QED) is 0.456. The second-order valence-electron chi connectivity index (χ2n) is 7.40. The van der Waals surface area contributed by atoms with E-state index in [1.807, 2.05) is 25.2 Å². The minimum absolute atomic E-state index is 0.135. The van der Waals surface area contributed by atoms with Gasteiger partial charge in [0, 0.05) is 77.3 Å². The first kappa shape index (κ1) is 19.8. The smallest absolute Gasteiger partial charge is 0.215 e. The number of rotatable bonds is 6. The van der Waals surface area contributed by atoms with Gasteiger partial charge >= 0.3 is 0 Å². The second-order valence-corrected chi connectivity index (χ2v) is 7.40. The number of benzene rings is 1. The molecule has 109 valence electrons. The fraction of sp³-hybridized carbons (Fsp3) is 0.267. The highest BCUT2D eigenvalue weighted by molar-refractivity contribution is 7.76. The van der Waals surface area contributed by atoms with E-state index in [0.29, 0.717) is 0 Å². The van der Waals surface area contributed by atoms with E-state index in [2.05, 4.69) is 42.0 Å². The van der Waals surface area contributed by atoms with Gasteiger partial charge in [-0.1, -0.05) is 43.1 Å². The number of aromatic nitrogens is 1. The lowest BCUT2D eigenvalue weighted by Gasteiger charge is -2.33. The molecular formula is C15H15B10N+. The van der Waals surface area contributed by atoms with E-state index in [-0.39, 0.29) is 19.0 Å². The Hall–Kier alpha value is -0.981. The van der Waals surface area contributed by atoms with Gasteiger partial charge in [0.25, 0.3) is 6.71 Å². The van der Waals surface area contributed by atoms with Crippen LogP contribution in [0.2, 0.25) is 10.9 Å². The van der Waals surface area contributed by atoms with Gasteiger partial charge in [-0.05, 0) is 11.1 Å². The van der Waals surface area contributed by atoms with Gasteiger partial charge < -0.3 is 0 Å². The maximum Gasteiger partial charge on any atom is 0.251 e. The topological polar surface area (TPSA) is 3.88 Å². The lowest BCUT2D eigenvalue weighted by molar-refractivity contribution is -0.654. The van der Waals surface area contributed by atoms with Crippen molar-refractivity contribution in [2.24, 2.45) is 7.05 Å². The van der Waals surface area contributed by atoms with Crippen LogP contribution in [0.4, 0.5) is 0 Å². The fourth-order valence-electron chi connectivity index (χ4n) is 4.70. The highest BCUT2D eigenvalue weighted by atomic mass is 14.9. The largest absolute Gasteiger partial charge is 0.251 e. The first-order chi connectivity index (χ1) is 12.4. The van der Waals surface area contributed by atoms with Crippen LogP contribution < -0.4 is 10.2 Å². The standard InChI is InChI=1S/C15H15B10N/c1-11-15(23(17)18,24(21-16)25(19)20)22(11)14-10-13(8-9-26(14)2)12-6-4-3-5-7-12/h3-11H,1-2H3/q+1/t11-,15?/m1/s1. The molecule has 1 fully saturated rings. The highest BCUT2D eigenvalue weighted by Gasteiger charge is 2.71. The van der Waals surface area contributed by atoms with Crippen molar-refractivity contribution in [2.75, 3.05) is 0 Å². The molecule has 26 heavy (non-hydrogen) atoms. The minimum Gasteiger partial charge on any atom is -0.215 e. The van der Waals surface area contributed by atoms with Crippen molar-refractivity contribution in [1.29, 1.82) is 0 Å². The van der Waals surface area contributed by atoms with Gasteiger partial charge in [-0.25, -0.2) is 4.57 Å². The molecule has 1 aromatic heterocycles. The first-order valence-electron chi connectivity index (χ1n) is 8.98. The van der Waals surface area contributed by atoms with Crippen molar-refractivity contribution in [2.45, 2.75) is 17.9 Å². The summed E-state index contributed by atoms with van der Waals surface area (Å²) >= 11 is 0. The second kappa shape index (κ2) is 7.56. The molecule has 0 N–H and O–H groups in total. The summed E-state index contributed by atoms with van der Waals surface area (Å²) in [6, 6.07) is 14.6. The molecule has 2 atom stereocenters. The van der Waals surface area contributed by atoms with Gasteiger partial charge in [-0.3, -0.25) is 0 Å². The Morgan fingerprint density at radius 3 is 2.27 bits per heavy atom. The van der Waals surface area contributed by atoms with E-state index in [9.17, 15) is 0 Å². The molecule has 3 rings (SSSR count). The summed E-state index contributed by atoms with van der Waals surface area (Å²) in [6.45, 7) is 1.45. The van der Waals surface area contributed by atoms with Crippen LogP contribution in [0.15, 0.2) is 48.7 Å². The number of hydrogen-bond acceptors (Lipinski definition) is 0. The Labute approximate surface area is 166 Å². The molecule has 1 saturated heterocycles. The average Bonchev–Trinajstić information content (AvgIpc) is 3.22. The molecule has 2 heterocycles. The summed E-state index contributed by atoms with van der Waals surface area (Å²) in [6.07, 6.45) is 1.46. The molecule has 2 aromatic rings. The van der Waals surface area contributed by atoms with Crippen LogP contribution in [-0.4, -0.2) is 71.8 Å². The van der Waals surface area contributed by atoms with Gasteiger partial charge in [-0.15, -0.1) is 5.11 Å². The van der Waals surface area contributed by atoms with Crippen molar-refractivity contribution in [3.8, 4) is 11.1 Å². The van der Waals surface area contributed by atoms with Gasteiger partial charge in [0.1, 0.15) is 12.6 Å². The molecule has 1 aromatic carbocycles. The van der Waals surface area contributed by atoms with E-state index < -0.39 is 18.0 Å². The molecule has 0 bridgehead atoms. The minimum atomic E-state index is -0.607. The van der Waals surface area contributed by atoms with Crippen molar-refractivity contribution in [3.05, 3.63) is 48.7 Å². The van der Waals surface area contributed by atoms with E-state index >= 15 is 0 Å². The van der Waals surface area contributed by atoms with Crippen molar-refractivity contribution < 1.29 is 4.57 Å². The molecule has 1 aliphatic heterocycles. The van der Waals surface area contributed by atoms with Crippen molar-refractivity contribution >= 4 is 77.4 Å². The molecule has 1 unspecified atom stereocenters. The zero-order chi connectivity index (χ0) is 19.1. The van der Waals surface area contributed by atoms with Gasteiger partial charge in [0.05, 0.1) is 0 Å². The normalized spacial score (nSPS) is 21.2. The van der Waals surface area contributed by atoms with Crippen LogP contribution in [0.1, 0.15) is 6.92 Å². The molecule has 0 saturated carbocycles. The Bertz CT molecular complexity index is 770. The molecule has 0 spiro atoms. The van der Waals surface area contributed by atoms with Crippen LogP contribution in [0.5, 0.6) is 0 Å². The Morgan fingerprint density at radius 2 is 1.73 bits per heavy atom. The number of nitrogens with zero attached hydrogens (tertiary/aromatic N) is 1. The number of hydrogen-bond donors (Lipinski definition) is 0. The predicted molar refractivity (Wildman–Crippen MR) is 122 cm³/mol. The molecule has 11 radical (unpaired) electrons. The highest BCUT2D eigenvalue weighted by Crippen LogP contribution is 2.64. The summed E-state index contributed by atoms with van der Waals surface area (Å²) in [5.74, 6) is 0.221. The van der Waals surface area contributed by atoms with Crippen LogP contribution in [0, 0.1) is 0 Å². The summed E-state index contributed by atoms with van der Waals surface area (Å²) in [4.78, 5) is 0. The lowest BCUT2D eigenvalue weighted by atomic mass is 8.73. The SMILES string of the molecule is [B][B]B(B([B])[B])C1(B([B])[B])B(c2cc(-c3ccccc3)cc[n+]2C)[C@@H]1C. The maximum atomic E-state index is 6.25. The van der Waals surface area contributed by atoms with Crippen molar-refractivity contribution in [1.82, 2.24) is 0 Å². The van der Waals surface area contributed by atoms with Gasteiger partial charge in [0.15, 0.2) is 6.20 Å². The molecular weight excluding hydrogens is 302 g/mol. The van der Waals surface area contributed by atoms with Crippen LogP contribution in [0.25, 0.3) is 11.1 Å². The van der Waals surface area contributed by atoms with E-state index in [1.54, 1.807) is 7.06 Å². The first-order valence-corrected chi connectivity index (χ1v) is 8.98. The van der Waals surface area contributed by atoms with Crippen LogP contribution in [0.3, 0.4) is 0 Å².